The van der Waals surface area contributed by atoms with Gasteiger partial charge in [-0.3, -0.25) is 19.1 Å². The number of halogens is 1. The molecule has 1 heterocycles. The van der Waals surface area contributed by atoms with Crippen molar-refractivity contribution in [2.24, 2.45) is 0 Å². The van der Waals surface area contributed by atoms with Gasteiger partial charge in [0.25, 0.3) is 11.8 Å². The highest BCUT2D eigenvalue weighted by atomic mass is 19.1. The van der Waals surface area contributed by atoms with Crippen LogP contribution in [0.25, 0.3) is 0 Å². The lowest BCUT2D eigenvalue weighted by molar-refractivity contribution is -0.116. The van der Waals surface area contributed by atoms with Crippen molar-refractivity contribution >= 4 is 29.1 Å². The number of hydrogen-bond acceptors (Lipinski definition) is 4. The van der Waals surface area contributed by atoms with Crippen molar-refractivity contribution in [1.82, 2.24) is 15.1 Å². The Morgan fingerprint density at radius 3 is 2.53 bits per heavy atom. The Hall–Kier alpha value is -4.79. The summed E-state index contributed by atoms with van der Waals surface area (Å²) in [5, 5.41) is 12.3. The maximum Gasteiger partial charge on any atom is 0.258 e. The maximum absolute atomic E-state index is 13.9. The Bertz CT molecular complexity index is 1400. The molecule has 182 valence electrons. The third kappa shape index (κ3) is 6.20. The van der Waals surface area contributed by atoms with E-state index in [0.717, 1.165) is 11.1 Å². The molecule has 36 heavy (non-hydrogen) atoms. The summed E-state index contributed by atoms with van der Waals surface area (Å²) in [7, 11) is 0. The van der Waals surface area contributed by atoms with E-state index < -0.39 is 11.7 Å². The number of anilines is 2. The second-order valence-electron chi connectivity index (χ2n) is 8.10. The van der Waals surface area contributed by atoms with Crippen LogP contribution in [0.3, 0.4) is 0 Å². The van der Waals surface area contributed by atoms with Crippen LogP contribution < -0.4 is 16.0 Å². The van der Waals surface area contributed by atoms with Gasteiger partial charge in [-0.1, -0.05) is 30.3 Å². The third-order valence-electron chi connectivity index (χ3n) is 5.40. The van der Waals surface area contributed by atoms with Gasteiger partial charge in [-0.2, -0.15) is 5.10 Å². The van der Waals surface area contributed by atoms with Crippen LogP contribution in [0.5, 0.6) is 0 Å². The average Bonchev–Trinajstić information content (AvgIpc) is 3.37. The van der Waals surface area contributed by atoms with Crippen molar-refractivity contribution in [2.75, 3.05) is 10.6 Å². The molecule has 8 nitrogen and oxygen atoms in total. The van der Waals surface area contributed by atoms with Crippen LogP contribution in [0.1, 0.15) is 31.8 Å². The van der Waals surface area contributed by atoms with Gasteiger partial charge in [0.2, 0.25) is 5.91 Å². The van der Waals surface area contributed by atoms with E-state index in [1.54, 1.807) is 67.8 Å². The van der Waals surface area contributed by atoms with Gasteiger partial charge in [-0.25, -0.2) is 4.39 Å². The smallest absolute Gasteiger partial charge is 0.258 e. The predicted molar refractivity (Wildman–Crippen MR) is 134 cm³/mol. The zero-order valence-electron chi connectivity index (χ0n) is 19.5. The fourth-order valence-electron chi connectivity index (χ4n) is 3.52. The average molecular weight is 486 g/mol. The lowest BCUT2D eigenvalue weighted by Gasteiger charge is -2.12. The number of carbonyl (C=O) groups excluding carboxylic acids is 3. The summed E-state index contributed by atoms with van der Waals surface area (Å²) in [4.78, 5) is 37.5. The Balaban J connectivity index is 1.37. The van der Waals surface area contributed by atoms with E-state index in [1.807, 2.05) is 6.07 Å². The Labute approximate surface area is 207 Å². The summed E-state index contributed by atoms with van der Waals surface area (Å²) in [5.41, 5.74) is 2.80. The highest BCUT2D eigenvalue weighted by Gasteiger charge is 2.14. The van der Waals surface area contributed by atoms with Gasteiger partial charge in [-0.05, 0) is 60.5 Å². The molecular weight excluding hydrogens is 461 g/mol. The van der Waals surface area contributed by atoms with Gasteiger partial charge in [0.15, 0.2) is 0 Å². The summed E-state index contributed by atoms with van der Waals surface area (Å²) in [6.07, 6.45) is 3.30. The second-order valence-corrected chi connectivity index (χ2v) is 8.10. The first-order chi connectivity index (χ1) is 17.4. The molecule has 0 aliphatic heterocycles. The normalized spacial score (nSPS) is 10.5. The molecule has 0 aliphatic carbocycles. The van der Waals surface area contributed by atoms with Gasteiger partial charge < -0.3 is 16.0 Å². The first-order valence-corrected chi connectivity index (χ1v) is 11.2. The zero-order valence-corrected chi connectivity index (χ0v) is 19.5. The largest absolute Gasteiger partial charge is 0.348 e. The van der Waals surface area contributed by atoms with E-state index in [4.69, 9.17) is 0 Å². The first kappa shape index (κ1) is 24.3. The molecule has 0 saturated carbocycles. The Kier molecular flexibility index (Phi) is 7.50. The number of nitrogens with zero attached hydrogens (tertiary/aromatic N) is 2. The molecule has 4 aromatic rings. The van der Waals surface area contributed by atoms with Crippen LogP contribution in [0, 0.1) is 12.7 Å². The number of benzene rings is 3. The molecule has 1 aromatic heterocycles. The Morgan fingerprint density at radius 1 is 0.917 bits per heavy atom. The summed E-state index contributed by atoms with van der Waals surface area (Å²) in [6.45, 7) is 2.11. The predicted octanol–water partition coefficient (Wildman–Crippen LogP) is 4.15. The van der Waals surface area contributed by atoms with Crippen molar-refractivity contribution in [3.8, 4) is 0 Å². The van der Waals surface area contributed by atoms with E-state index in [-0.39, 0.29) is 30.5 Å². The number of aryl methyl sites for hydroxylation is 1. The molecule has 0 radical (unpaired) electrons. The van der Waals surface area contributed by atoms with Crippen molar-refractivity contribution in [3.63, 3.8) is 0 Å². The number of rotatable bonds is 8. The summed E-state index contributed by atoms with van der Waals surface area (Å²) < 4.78 is 15.5. The maximum atomic E-state index is 13.9. The lowest BCUT2D eigenvalue weighted by Crippen LogP contribution is -2.23. The van der Waals surface area contributed by atoms with Crippen LogP contribution in [0.2, 0.25) is 0 Å². The minimum absolute atomic E-state index is 0.0802. The van der Waals surface area contributed by atoms with Gasteiger partial charge >= 0.3 is 0 Å². The van der Waals surface area contributed by atoms with Crippen molar-refractivity contribution in [2.45, 2.75) is 20.0 Å². The minimum Gasteiger partial charge on any atom is -0.348 e. The van der Waals surface area contributed by atoms with Gasteiger partial charge in [0.05, 0.1) is 5.56 Å². The second kappa shape index (κ2) is 11.1. The number of carbonyl (C=O) groups is 3. The lowest BCUT2D eigenvalue weighted by atomic mass is 10.1. The van der Waals surface area contributed by atoms with Crippen molar-refractivity contribution in [3.05, 3.63) is 113 Å². The van der Waals surface area contributed by atoms with Gasteiger partial charge in [0.1, 0.15) is 12.4 Å². The van der Waals surface area contributed by atoms with E-state index in [0.29, 0.717) is 16.9 Å². The molecule has 0 atom stereocenters. The van der Waals surface area contributed by atoms with Crippen LogP contribution in [0.15, 0.2) is 85.2 Å². The molecule has 0 bridgehead atoms. The van der Waals surface area contributed by atoms with Crippen molar-refractivity contribution in [1.29, 1.82) is 0 Å². The fourth-order valence-corrected chi connectivity index (χ4v) is 3.52. The third-order valence-corrected chi connectivity index (χ3v) is 5.40. The van der Waals surface area contributed by atoms with E-state index in [2.05, 4.69) is 21.0 Å². The van der Waals surface area contributed by atoms with Gasteiger partial charge in [-0.15, -0.1) is 0 Å². The number of amides is 3. The standard InChI is InChI=1S/C27H24FN5O3/c1-18-10-11-20(15-24(18)32-27(36)22-8-2-3-9-23(22)28)26(35)29-16-19-6-4-7-21(14-19)31-25(34)17-33-13-5-12-30-33/h2-15H,16-17H2,1H3,(H,29,35)(H,31,34)(H,32,36). The number of hydrogen-bond donors (Lipinski definition) is 3. The SMILES string of the molecule is Cc1ccc(C(=O)NCc2cccc(NC(=O)Cn3cccn3)c2)cc1NC(=O)c1ccccc1F. The Morgan fingerprint density at radius 2 is 1.75 bits per heavy atom. The molecule has 4 rings (SSSR count). The summed E-state index contributed by atoms with van der Waals surface area (Å²) in [6, 6.07) is 19.5. The zero-order chi connectivity index (χ0) is 25.5. The highest BCUT2D eigenvalue weighted by Crippen LogP contribution is 2.19. The fraction of sp³-hybridized carbons (Fsp3) is 0.111. The van der Waals surface area contributed by atoms with E-state index in [1.165, 1.54) is 22.9 Å². The molecule has 9 heteroatoms. The summed E-state index contributed by atoms with van der Waals surface area (Å²) in [5.74, 6) is -1.78. The van der Waals surface area contributed by atoms with Crippen molar-refractivity contribution < 1.29 is 18.8 Å². The molecule has 3 aromatic carbocycles. The van der Waals surface area contributed by atoms with Crippen LogP contribution >= 0.6 is 0 Å². The van der Waals surface area contributed by atoms with E-state index in [9.17, 15) is 18.8 Å². The monoisotopic (exact) mass is 485 g/mol. The highest BCUT2D eigenvalue weighted by molar-refractivity contribution is 6.05. The molecular formula is C27H24FN5O3. The molecule has 0 aliphatic rings. The summed E-state index contributed by atoms with van der Waals surface area (Å²) >= 11 is 0. The molecule has 0 fully saturated rings. The molecule has 3 N–H and O–H groups in total. The first-order valence-electron chi connectivity index (χ1n) is 11.2. The van der Waals surface area contributed by atoms with Crippen LogP contribution in [-0.4, -0.2) is 27.5 Å². The molecule has 0 spiro atoms. The molecule has 3 amide bonds. The minimum atomic E-state index is -0.624. The van der Waals surface area contributed by atoms with Crippen LogP contribution in [-0.2, 0) is 17.9 Å². The topological polar surface area (TPSA) is 105 Å². The molecule has 0 saturated heterocycles. The number of nitrogens with one attached hydrogen (secondary N) is 3. The van der Waals surface area contributed by atoms with E-state index >= 15 is 0 Å². The van der Waals surface area contributed by atoms with Gasteiger partial charge in [0, 0.05) is 35.9 Å². The molecule has 0 unspecified atom stereocenters. The number of aromatic nitrogens is 2. The quantitative estimate of drug-likeness (QED) is 0.349. The van der Waals surface area contributed by atoms with Crippen LogP contribution in [0.4, 0.5) is 15.8 Å².